The highest BCUT2D eigenvalue weighted by molar-refractivity contribution is 6.24. The second-order valence-corrected chi connectivity index (χ2v) is 9.40. The summed E-state index contributed by atoms with van der Waals surface area (Å²) in [4.78, 5) is 49.5. The Morgan fingerprint density at radius 2 is 1.84 bits per heavy atom. The van der Waals surface area contributed by atoms with E-state index < -0.39 is 23.4 Å². The van der Waals surface area contributed by atoms with Gasteiger partial charge >= 0.3 is 6.03 Å². The number of anilines is 2. The van der Waals surface area contributed by atoms with E-state index in [-0.39, 0.29) is 0 Å². The van der Waals surface area contributed by atoms with E-state index in [0.717, 1.165) is 18.8 Å². The van der Waals surface area contributed by atoms with Gasteiger partial charge in [0.25, 0.3) is 11.8 Å². The van der Waals surface area contributed by atoms with Gasteiger partial charge in [-0.1, -0.05) is 0 Å². The predicted molar refractivity (Wildman–Crippen MR) is 136 cm³/mol. The van der Waals surface area contributed by atoms with Crippen molar-refractivity contribution in [3.8, 4) is 11.9 Å². The zero-order valence-electron chi connectivity index (χ0n) is 20.3. The van der Waals surface area contributed by atoms with Crippen molar-refractivity contribution < 1.29 is 19.1 Å². The van der Waals surface area contributed by atoms with Gasteiger partial charge in [-0.2, -0.15) is 5.26 Å². The summed E-state index contributed by atoms with van der Waals surface area (Å²) >= 11 is 0. The summed E-state index contributed by atoms with van der Waals surface area (Å²) in [7, 11) is 0. The van der Waals surface area contributed by atoms with Gasteiger partial charge in [0, 0.05) is 31.6 Å². The van der Waals surface area contributed by atoms with E-state index in [1.807, 2.05) is 18.2 Å². The molecule has 2 N–H and O–H groups in total. The molecule has 0 saturated carbocycles. The summed E-state index contributed by atoms with van der Waals surface area (Å²) in [5.41, 5.74) is 2.04. The van der Waals surface area contributed by atoms with Crippen LogP contribution in [0.4, 0.5) is 16.3 Å². The minimum atomic E-state index is -1.46. The molecule has 11 heteroatoms. The molecule has 3 aliphatic heterocycles. The van der Waals surface area contributed by atoms with Crippen molar-refractivity contribution in [2.75, 3.05) is 22.9 Å². The first-order valence-corrected chi connectivity index (χ1v) is 12.3. The lowest BCUT2D eigenvalue weighted by Crippen LogP contribution is -2.71. The lowest BCUT2D eigenvalue weighted by Gasteiger charge is -2.38. The maximum absolute atomic E-state index is 12.7. The third-order valence-electron chi connectivity index (χ3n) is 7.20. The third-order valence-corrected chi connectivity index (χ3v) is 7.20. The first-order chi connectivity index (χ1) is 18.5. The van der Waals surface area contributed by atoms with Crippen LogP contribution >= 0.6 is 0 Å². The number of imide groups is 2. The molecule has 1 spiro atoms. The summed E-state index contributed by atoms with van der Waals surface area (Å²) < 4.78 is 6.02. The fraction of sp³-hybridized carbons (Fsp3) is 0.259. The molecule has 38 heavy (non-hydrogen) atoms. The van der Waals surface area contributed by atoms with E-state index in [9.17, 15) is 14.4 Å². The van der Waals surface area contributed by atoms with Crippen molar-refractivity contribution in [2.24, 2.45) is 0 Å². The molecule has 4 aliphatic rings. The lowest BCUT2D eigenvalue weighted by atomic mass is 9.91. The van der Waals surface area contributed by atoms with Crippen molar-refractivity contribution in [2.45, 2.75) is 31.2 Å². The van der Waals surface area contributed by atoms with Crippen LogP contribution in [0.25, 0.3) is 0 Å². The van der Waals surface area contributed by atoms with Gasteiger partial charge in [0.05, 0.1) is 17.4 Å². The van der Waals surface area contributed by atoms with Crippen LogP contribution in [0, 0.1) is 11.3 Å². The van der Waals surface area contributed by atoms with Crippen LogP contribution in [-0.2, 0) is 9.59 Å². The van der Waals surface area contributed by atoms with Gasteiger partial charge in [-0.05, 0) is 67.2 Å². The van der Waals surface area contributed by atoms with Gasteiger partial charge in [0.1, 0.15) is 17.6 Å². The Morgan fingerprint density at radius 3 is 2.55 bits per heavy atom. The molecule has 2 aromatic heterocycles. The fourth-order valence-corrected chi connectivity index (χ4v) is 5.30. The normalized spacial score (nSPS) is 20.1. The molecule has 0 aromatic carbocycles. The molecular formula is C27H23N7O4. The number of carbonyl (C=O) groups excluding carboxylic acids is 3. The van der Waals surface area contributed by atoms with E-state index in [4.69, 9.17) is 10.00 Å². The first kappa shape index (κ1) is 23.4. The third kappa shape index (κ3) is 3.96. The number of rotatable bonds is 4. The number of barbiturate groups is 1. The summed E-state index contributed by atoms with van der Waals surface area (Å²) in [5.74, 6) is 0.662. The fourth-order valence-electron chi connectivity index (χ4n) is 5.30. The molecule has 6 rings (SSSR count). The minimum absolute atomic E-state index is 0.311. The monoisotopic (exact) mass is 509 g/mol. The number of nitrogens with zero attached hydrogens (tertiary/aromatic N) is 5. The molecule has 2 fully saturated rings. The molecule has 2 aromatic rings. The average Bonchev–Trinajstić information content (AvgIpc) is 3.38. The van der Waals surface area contributed by atoms with E-state index in [2.05, 4.69) is 37.8 Å². The summed E-state index contributed by atoms with van der Waals surface area (Å²) in [6, 6.07) is 8.36. The minimum Gasteiger partial charge on any atom is -0.439 e. The first-order valence-electron chi connectivity index (χ1n) is 12.3. The van der Waals surface area contributed by atoms with E-state index in [1.165, 1.54) is 11.1 Å². The number of nitriles is 1. The molecule has 0 unspecified atom stereocenters. The molecule has 11 nitrogen and oxygen atoms in total. The Balaban J connectivity index is 1.14. The molecule has 2 saturated heterocycles. The Bertz CT molecular complexity index is 1450. The van der Waals surface area contributed by atoms with Gasteiger partial charge in [-0.25, -0.2) is 14.8 Å². The number of fused-ring (bicyclic) bond motifs is 1. The molecule has 0 bridgehead atoms. The predicted octanol–water partition coefficient (Wildman–Crippen LogP) is 2.44. The number of ether oxygens (including phenoxy) is 1. The highest BCUT2D eigenvalue weighted by Crippen LogP contribution is 2.37. The topological polar surface area (TPSA) is 141 Å². The highest BCUT2D eigenvalue weighted by Gasteiger charge is 2.57. The summed E-state index contributed by atoms with van der Waals surface area (Å²) in [6.07, 6.45) is 11.7. The second kappa shape index (κ2) is 9.15. The van der Waals surface area contributed by atoms with Crippen molar-refractivity contribution in [1.82, 2.24) is 20.6 Å². The maximum Gasteiger partial charge on any atom is 0.328 e. The van der Waals surface area contributed by atoms with Gasteiger partial charge in [-0.3, -0.25) is 20.2 Å². The summed E-state index contributed by atoms with van der Waals surface area (Å²) in [5, 5.41) is 13.4. The smallest absolute Gasteiger partial charge is 0.328 e. The van der Waals surface area contributed by atoms with Crippen molar-refractivity contribution in [1.29, 1.82) is 5.26 Å². The van der Waals surface area contributed by atoms with Gasteiger partial charge in [0.15, 0.2) is 5.54 Å². The molecule has 1 aliphatic carbocycles. The van der Waals surface area contributed by atoms with Gasteiger partial charge in [0.2, 0.25) is 5.88 Å². The van der Waals surface area contributed by atoms with Crippen LogP contribution in [0.5, 0.6) is 5.88 Å². The van der Waals surface area contributed by atoms with Crippen LogP contribution in [0.1, 0.15) is 31.2 Å². The number of pyridine rings is 2. The Morgan fingerprint density at radius 1 is 1.00 bits per heavy atom. The number of aromatic nitrogens is 2. The Kier molecular flexibility index (Phi) is 5.64. The van der Waals surface area contributed by atoms with Crippen LogP contribution in [0.15, 0.2) is 71.9 Å². The zero-order chi connectivity index (χ0) is 26.3. The van der Waals surface area contributed by atoms with Gasteiger partial charge in [-0.15, -0.1) is 0 Å². The molecule has 4 amide bonds. The molecule has 190 valence electrons. The SMILES string of the molecule is N#Cc1ccc(N2C=C3CC=C(Oc4ccc(N5CCCC56C(=O)NC(=O)NC6=O)cn4)C=C3CC2)nc1. The molecule has 0 radical (unpaired) electrons. The maximum atomic E-state index is 12.7. The van der Waals surface area contributed by atoms with Gasteiger partial charge < -0.3 is 14.5 Å². The van der Waals surface area contributed by atoms with E-state index >= 15 is 0 Å². The number of hydrogen-bond acceptors (Lipinski definition) is 9. The summed E-state index contributed by atoms with van der Waals surface area (Å²) in [6.45, 7) is 1.25. The van der Waals surface area contributed by atoms with Crippen LogP contribution in [0.2, 0.25) is 0 Å². The number of urea groups is 1. The zero-order valence-corrected chi connectivity index (χ0v) is 20.3. The Hall–Kier alpha value is -4.98. The van der Waals surface area contributed by atoms with Crippen molar-refractivity contribution in [3.05, 3.63) is 77.5 Å². The van der Waals surface area contributed by atoms with Crippen molar-refractivity contribution >= 4 is 29.4 Å². The highest BCUT2D eigenvalue weighted by atomic mass is 16.5. The lowest BCUT2D eigenvalue weighted by molar-refractivity contribution is -0.137. The van der Waals surface area contributed by atoms with E-state index in [1.54, 1.807) is 35.5 Å². The molecule has 0 atom stereocenters. The number of nitrogens with one attached hydrogen (secondary N) is 2. The standard InChI is InChI=1S/C27H23N7O4/c28-13-17-2-6-22(29-14-17)33-11-8-18-12-21(5-3-19(18)16-33)38-23-7-4-20(15-30-23)34-10-1-9-27(34)24(35)31-26(37)32-25(27)36/h2,4-7,12,14-16H,1,3,8-11H2,(H2,31,32,35,36,37). The largest absolute Gasteiger partial charge is 0.439 e. The Labute approximate surface area is 218 Å². The second-order valence-electron chi connectivity index (χ2n) is 9.40. The average molecular weight is 510 g/mol. The number of carbonyl (C=O) groups is 3. The van der Waals surface area contributed by atoms with Crippen LogP contribution in [-0.4, -0.2) is 46.4 Å². The number of hydrogen-bond donors (Lipinski definition) is 2. The molecular weight excluding hydrogens is 486 g/mol. The number of amides is 4. The van der Waals surface area contributed by atoms with Crippen LogP contribution in [0.3, 0.4) is 0 Å². The van der Waals surface area contributed by atoms with Crippen LogP contribution < -0.4 is 25.2 Å². The van der Waals surface area contributed by atoms with Crippen molar-refractivity contribution in [3.63, 3.8) is 0 Å². The number of allylic oxidation sites excluding steroid dienone is 3. The molecule has 5 heterocycles. The quantitative estimate of drug-likeness (QED) is 0.595. The van der Waals surface area contributed by atoms with E-state index in [0.29, 0.717) is 48.7 Å².